The Morgan fingerprint density at radius 2 is 1.58 bits per heavy atom. The molecule has 9 heteroatoms. The summed E-state index contributed by atoms with van der Waals surface area (Å²) in [5, 5.41) is -0.574. The van der Waals surface area contributed by atoms with E-state index in [1.165, 1.54) is 24.3 Å². The fourth-order valence-corrected chi connectivity index (χ4v) is 2.63. The van der Waals surface area contributed by atoms with Crippen LogP contribution in [0.15, 0.2) is 54.6 Å². The van der Waals surface area contributed by atoms with Gasteiger partial charge in [0.25, 0.3) is 6.01 Å². The minimum atomic E-state index is -4.89. The van der Waals surface area contributed by atoms with Gasteiger partial charge in [0.15, 0.2) is 0 Å². The molecule has 0 aliphatic rings. The van der Waals surface area contributed by atoms with Crippen LogP contribution in [-0.2, 0) is 4.74 Å². The van der Waals surface area contributed by atoms with E-state index in [0.29, 0.717) is 0 Å². The van der Waals surface area contributed by atoms with Crippen LogP contribution in [0.5, 0.6) is 0 Å². The van der Waals surface area contributed by atoms with Crippen molar-refractivity contribution in [1.82, 2.24) is 0 Å². The molecule has 0 aromatic heterocycles. The van der Waals surface area contributed by atoms with E-state index in [2.05, 4.69) is 4.74 Å². The number of esters is 1. The van der Waals surface area contributed by atoms with Gasteiger partial charge in [0.05, 0.1) is 20.6 Å². The zero-order valence-electron chi connectivity index (χ0n) is 12.7. The van der Waals surface area contributed by atoms with Crippen molar-refractivity contribution in [3.63, 3.8) is 0 Å². The Morgan fingerprint density at radius 1 is 1.04 bits per heavy atom. The van der Waals surface area contributed by atoms with Crippen molar-refractivity contribution >= 4 is 40.8 Å². The molecule has 0 radical (unpaired) electrons. The average Bonchev–Trinajstić information content (AvgIpc) is 2.57. The number of benzene rings is 2. The molecule has 0 saturated heterocycles. The number of allylic oxidation sites excluding steroid dienone is 1. The molecule has 0 aliphatic heterocycles. The Kier molecular flexibility index (Phi) is 6.55. The second-order valence-electron chi connectivity index (χ2n) is 5.04. The van der Waals surface area contributed by atoms with Crippen LogP contribution < -0.4 is 0 Å². The van der Waals surface area contributed by atoms with E-state index in [0.717, 1.165) is 12.1 Å². The molecule has 0 spiro atoms. The molecule has 1 atom stereocenters. The highest BCUT2D eigenvalue weighted by Gasteiger charge is 2.40. The number of alkyl halides is 3. The molecule has 2 rings (SSSR count). The van der Waals surface area contributed by atoms with Gasteiger partial charge >= 0.3 is 12.1 Å². The summed E-state index contributed by atoms with van der Waals surface area (Å²) in [6, 6.07) is 7.38. The summed E-state index contributed by atoms with van der Waals surface area (Å²) in [4.78, 5) is 11.7. The first-order valence-electron chi connectivity index (χ1n) is 6.95. The third-order valence-electron chi connectivity index (χ3n) is 3.22. The van der Waals surface area contributed by atoms with E-state index in [-0.39, 0.29) is 26.7 Å². The first-order chi connectivity index (χ1) is 12.1. The smallest absolute Gasteiger partial charge is 0.395 e. The van der Waals surface area contributed by atoms with Gasteiger partial charge in [-0.05, 0) is 29.8 Å². The topological polar surface area (TPSA) is 26.3 Å². The lowest BCUT2D eigenvalue weighted by atomic mass is 9.98. The number of hydrogen-bond acceptors (Lipinski definition) is 2. The largest absolute Gasteiger partial charge is 0.399 e. The number of halogens is 7. The van der Waals surface area contributed by atoms with Gasteiger partial charge in [-0.3, -0.25) is 0 Å². The van der Waals surface area contributed by atoms with E-state index in [1.54, 1.807) is 6.07 Å². The summed E-state index contributed by atoms with van der Waals surface area (Å²) in [5.74, 6) is -3.58. The Labute approximate surface area is 160 Å². The third kappa shape index (κ3) is 5.13. The van der Waals surface area contributed by atoms with Gasteiger partial charge in [0, 0.05) is 6.08 Å². The lowest BCUT2D eigenvalue weighted by Crippen LogP contribution is -2.20. The maximum absolute atomic E-state index is 13.9. The van der Waals surface area contributed by atoms with E-state index < -0.39 is 29.6 Å². The predicted molar refractivity (Wildman–Crippen MR) is 91.3 cm³/mol. The first-order valence-corrected chi connectivity index (χ1v) is 8.08. The maximum Gasteiger partial charge on any atom is 0.399 e. The quantitative estimate of drug-likeness (QED) is 0.228. The van der Waals surface area contributed by atoms with Gasteiger partial charge < -0.3 is 4.74 Å². The highest BCUT2D eigenvalue weighted by atomic mass is 35.5. The minimum absolute atomic E-state index is 0.0165. The van der Waals surface area contributed by atoms with Crippen LogP contribution >= 0.6 is 34.8 Å². The monoisotopic (exact) mass is 426 g/mol. The van der Waals surface area contributed by atoms with E-state index >= 15 is 0 Å². The lowest BCUT2D eigenvalue weighted by molar-refractivity contribution is -0.140. The maximum atomic E-state index is 13.9. The van der Waals surface area contributed by atoms with Crippen LogP contribution in [0.1, 0.15) is 21.8 Å². The Bertz CT molecular complexity index is 813. The molecule has 2 aromatic rings. The van der Waals surface area contributed by atoms with E-state index in [1.807, 2.05) is 0 Å². The van der Waals surface area contributed by atoms with Crippen LogP contribution in [0, 0.1) is 0 Å². The SMILES string of the molecule is O=C(OC(F)=CC(c1cc(Cl)c(Cl)c(Cl)c1)C(F)(F)F)c1ccccc1. The average molecular weight is 428 g/mol. The zero-order valence-corrected chi connectivity index (χ0v) is 14.9. The molecule has 0 aliphatic carbocycles. The van der Waals surface area contributed by atoms with Crippen LogP contribution in [0.2, 0.25) is 15.1 Å². The summed E-state index contributed by atoms with van der Waals surface area (Å²) in [7, 11) is 0. The van der Waals surface area contributed by atoms with Crippen LogP contribution in [0.3, 0.4) is 0 Å². The molecule has 0 fully saturated rings. The number of carbonyl (C=O) groups excluding carboxylic acids is 1. The molecular formula is C17H9Cl3F4O2. The van der Waals surface area contributed by atoms with Gasteiger partial charge in [-0.1, -0.05) is 53.0 Å². The lowest BCUT2D eigenvalue weighted by Gasteiger charge is -2.18. The van der Waals surface area contributed by atoms with Crippen molar-refractivity contribution in [2.75, 3.05) is 0 Å². The second-order valence-corrected chi connectivity index (χ2v) is 6.24. The van der Waals surface area contributed by atoms with Crippen molar-refractivity contribution in [1.29, 1.82) is 0 Å². The molecule has 0 heterocycles. The summed E-state index contributed by atoms with van der Waals surface area (Å²) < 4.78 is 58.2. The zero-order chi connectivity index (χ0) is 19.5. The van der Waals surface area contributed by atoms with Crippen molar-refractivity contribution in [3.05, 3.63) is 80.7 Å². The summed E-state index contributed by atoms with van der Waals surface area (Å²) >= 11 is 17.2. The van der Waals surface area contributed by atoms with Gasteiger partial charge in [-0.15, -0.1) is 0 Å². The molecule has 0 bridgehead atoms. The van der Waals surface area contributed by atoms with Crippen molar-refractivity contribution in [2.45, 2.75) is 12.1 Å². The number of hydrogen-bond donors (Lipinski definition) is 0. The Balaban J connectivity index is 2.33. The molecule has 0 saturated carbocycles. The van der Waals surface area contributed by atoms with Crippen LogP contribution in [-0.4, -0.2) is 12.1 Å². The highest BCUT2D eigenvalue weighted by Crippen LogP contribution is 2.41. The molecule has 2 aromatic carbocycles. The molecule has 138 valence electrons. The summed E-state index contributed by atoms with van der Waals surface area (Å²) in [6.45, 7) is 0. The van der Waals surface area contributed by atoms with Gasteiger partial charge in [-0.2, -0.15) is 17.6 Å². The second kappa shape index (κ2) is 8.29. The van der Waals surface area contributed by atoms with Gasteiger partial charge in [-0.25, -0.2) is 4.79 Å². The van der Waals surface area contributed by atoms with Gasteiger partial charge in [0.1, 0.15) is 5.92 Å². The molecule has 1 unspecified atom stereocenters. The van der Waals surface area contributed by atoms with Gasteiger partial charge in [0.2, 0.25) is 0 Å². The van der Waals surface area contributed by atoms with Crippen molar-refractivity contribution < 1.29 is 27.1 Å². The highest BCUT2D eigenvalue weighted by molar-refractivity contribution is 6.48. The third-order valence-corrected chi connectivity index (χ3v) is 4.41. The number of rotatable bonds is 4. The Hall–Kier alpha value is -1.76. The molecule has 2 nitrogen and oxygen atoms in total. The van der Waals surface area contributed by atoms with Crippen LogP contribution in [0.25, 0.3) is 0 Å². The molecule has 0 amide bonds. The Morgan fingerprint density at radius 3 is 2.08 bits per heavy atom. The van der Waals surface area contributed by atoms with Crippen LogP contribution in [0.4, 0.5) is 17.6 Å². The normalized spacial score (nSPS) is 13.4. The fourth-order valence-electron chi connectivity index (χ4n) is 2.02. The molecule has 26 heavy (non-hydrogen) atoms. The minimum Gasteiger partial charge on any atom is -0.395 e. The van der Waals surface area contributed by atoms with Crippen molar-refractivity contribution in [2.24, 2.45) is 0 Å². The van der Waals surface area contributed by atoms with Crippen molar-refractivity contribution in [3.8, 4) is 0 Å². The summed E-state index contributed by atoms with van der Waals surface area (Å²) in [6.07, 6.45) is -4.77. The number of carbonyl (C=O) groups is 1. The van der Waals surface area contributed by atoms with E-state index in [9.17, 15) is 22.4 Å². The summed E-state index contributed by atoms with van der Waals surface area (Å²) in [5.41, 5.74) is -0.472. The standard InChI is InChI=1S/C17H9Cl3F4O2/c18-12-6-10(7-13(19)15(12)20)11(17(22,23)24)8-14(21)26-16(25)9-4-2-1-3-5-9/h1-8,11H. The molecule has 0 N–H and O–H groups in total. The number of ether oxygens (including phenoxy) is 1. The first kappa shape index (κ1) is 20.6. The molecular weight excluding hydrogens is 419 g/mol. The predicted octanol–water partition coefficient (Wildman–Crippen LogP) is 6.96. The van der Waals surface area contributed by atoms with E-state index in [4.69, 9.17) is 34.8 Å². The fraction of sp³-hybridized carbons (Fsp3) is 0.118.